The molecule has 0 bridgehead atoms. The molecule has 3 aromatic carbocycles. The fourth-order valence-electron chi connectivity index (χ4n) is 3.72. The normalized spacial score (nSPS) is 10.8. The highest BCUT2D eigenvalue weighted by molar-refractivity contribution is 5.75. The van der Waals surface area contributed by atoms with Crippen LogP contribution in [0.1, 0.15) is 16.7 Å². The Morgan fingerprint density at radius 1 is 0.679 bits per heavy atom. The molecule has 0 aliphatic rings. The van der Waals surface area contributed by atoms with Crippen LogP contribution < -0.4 is 5.43 Å². The van der Waals surface area contributed by atoms with E-state index in [4.69, 9.17) is 0 Å². The molecule has 0 saturated heterocycles. The van der Waals surface area contributed by atoms with Crippen LogP contribution >= 0.6 is 0 Å². The Kier molecular flexibility index (Phi) is 4.70. The standard InChI is InChI=1S/C26H23NO/c1-18-11-10-16-23(19(18)2)24-17-25(28)20(3)26(21-12-6-4-7-13-21)27(24)22-14-8-5-9-15-22/h4-17H,1-3H3. The molecule has 0 N–H and O–H groups in total. The summed E-state index contributed by atoms with van der Waals surface area (Å²) in [5.74, 6) is 0. The lowest BCUT2D eigenvalue weighted by Gasteiger charge is -2.22. The van der Waals surface area contributed by atoms with E-state index in [-0.39, 0.29) is 5.43 Å². The minimum absolute atomic E-state index is 0.0574. The van der Waals surface area contributed by atoms with Gasteiger partial charge in [0.2, 0.25) is 0 Å². The first-order valence-electron chi connectivity index (χ1n) is 9.52. The van der Waals surface area contributed by atoms with Crippen molar-refractivity contribution in [3.8, 4) is 28.2 Å². The number of para-hydroxylation sites is 1. The third-order valence-electron chi connectivity index (χ3n) is 5.40. The summed E-state index contributed by atoms with van der Waals surface area (Å²) >= 11 is 0. The topological polar surface area (TPSA) is 22.0 Å². The number of benzene rings is 3. The SMILES string of the molecule is Cc1cccc(-c2cc(=O)c(C)c(-c3ccccc3)n2-c2ccccc2)c1C. The second-order valence-electron chi connectivity index (χ2n) is 7.15. The largest absolute Gasteiger partial charge is 0.309 e. The van der Waals surface area contributed by atoms with Crippen molar-refractivity contribution in [2.75, 3.05) is 0 Å². The Labute approximate surface area is 165 Å². The lowest BCUT2D eigenvalue weighted by Crippen LogP contribution is -2.16. The molecule has 2 heteroatoms. The van der Waals surface area contributed by atoms with Gasteiger partial charge in [-0.05, 0) is 49.6 Å². The van der Waals surface area contributed by atoms with Crippen LogP contribution in [-0.4, -0.2) is 4.57 Å². The molecule has 28 heavy (non-hydrogen) atoms. The zero-order valence-electron chi connectivity index (χ0n) is 16.4. The number of aromatic nitrogens is 1. The summed E-state index contributed by atoms with van der Waals surface area (Å²) in [5, 5.41) is 0. The number of aryl methyl sites for hydroxylation is 1. The van der Waals surface area contributed by atoms with E-state index in [0.29, 0.717) is 0 Å². The molecule has 0 unspecified atom stereocenters. The molecule has 0 aliphatic heterocycles. The van der Waals surface area contributed by atoms with E-state index in [2.05, 4.69) is 60.9 Å². The summed E-state index contributed by atoms with van der Waals surface area (Å²) in [4.78, 5) is 13.0. The number of hydrogen-bond acceptors (Lipinski definition) is 1. The van der Waals surface area contributed by atoms with Crippen LogP contribution in [-0.2, 0) is 0 Å². The molecule has 0 atom stereocenters. The summed E-state index contributed by atoms with van der Waals surface area (Å²) in [5.41, 5.74) is 8.23. The first-order chi connectivity index (χ1) is 13.6. The minimum atomic E-state index is 0.0574. The molecule has 0 amide bonds. The Morgan fingerprint density at radius 3 is 2.00 bits per heavy atom. The van der Waals surface area contributed by atoms with Gasteiger partial charge >= 0.3 is 0 Å². The smallest absolute Gasteiger partial charge is 0.185 e. The van der Waals surface area contributed by atoms with Crippen molar-refractivity contribution in [1.82, 2.24) is 4.57 Å². The van der Waals surface area contributed by atoms with Gasteiger partial charge in [-0.2, -0.15) is 0 Å². The third-order valence-corrected chi connectivity index (χ3v) is 5.40. The Hall–Kier alpha value is -3.39. The maximum Gasteiger partial charge on any atom is 0.185 e. The quantitative estimate of drug-likeness (QED) is 0.430. The highest BCUT2D eigenvalue weighted by Gasteiger charge is 2.18. The summed E-state index contributed by atoms with van der Waals surface area (Å²) in [6.45, 7) is 6.14. The molecule has 4 rings (SSSR count). The number of hydrogen-bond donors (Lipinski definition) is 0. The van der Waals surface area contributed by atoms with Gasteiger partial charge in [-0.3, -0.25) is 4.79 Å². The number of pyridine rings is 1. The lowest BCUT2D eigenvalue weighted by molar-refractivity contribution is 1.03. The van der Waals surface area contributed by atoms with E-state index < -0.39 is 0 Å². The van der Waals surface area contributed by atoms with Gasteiger partial charge in [0.15, 0.2) is 5.43 Å². The van der Waals surface area contributed by atoms with Gasteiger partial charge in [0.25, 0.3) is 0 Å². The van der Waals surface area contributed by atoms with E-state index in [9.17, 15) is 4.79 Å². The Morgan fingerprint density at radius 2 is 1.32 bits per heavy atom. The Bertz CT molecular complexity index is 1190. The van der Waals surface area contributed by atoms with E-state index in [1.165, 1.54) is 11.1 Å². The summed E-state index contributed by atoms with van der Waals surface area (Å²) in [7, 11) is 0. The Balaban J connectivity index is 2.17. The van der Waals surface area contributed by atoms with Crippen LogP contribution in [0.15, 0.2) is 89.7 Å². The van der Waals surface area contributed by atoms with Crippen molar-refractivity contribution in [3.05, 3.63) is 112 Å². The predicted octanol–water partition coefficient (Wildman–Crippen LogP) is 6.10. The number of nitrogens with zero attached hydrogens (tertiary/aromatic N) is 1. The predicted molar refractivity (Wildman–Crippen MR) is 117 cm³/mol. The molecule has 0 radical (unpaired) electrons. The average molecular weight is 365 g/mol. The summed E-state index contributed by atoms with van der Waals surface area (Å²) < 4.78 is 2.22. The monoisotopic (exact) mass is 365 g/mol. The van der Waals surface area contributed by atoms with Crippen molar-refractivity contribution < 1.29 is 0 Å². The van der Waals surface area contributed by atoms with Crippen LogP contribution in [0.4, 0.5) is 0 Å². The van der Waals surface area contributed by atoms with E-state index in [1.54, 1.807) is 6.07 Å². The highest BCUT2D eigenvalue weighted by atomic mass is 16.1. The summed E-state index contributed by atoms with van der Waals surface area (Å²) in [6.07, 6.45) is 0. The van der Waals surface area contributed by atoms with Crippen molar-refractivity contribution >= 4 is 0 Å². The molecule has 4 aromatic rings. The van der Waals surface area contributed by atoms with Gasteiger partial charge in [-0.1, -0.05) is 66.7 Å². The molecule has 0 saturated carbocycles. The first kappa shape index (κ1) is 18.0. The van der Waals surface area contributed by atoms with Crippen molar-refractivity contribution in [3.63, 3.8) is 0 Å². The van der Waals surface area contributed by atoms with Gasteiger partial charge in [-0.25, -0.2) is 0 Å². The van der Waals surface area contributed by atoms with E-state index in [0.717, 1.165) is 33.8 Å². The van der Waals surface area contributed by atoms with E-state index in [1.807, 2.05) is 43.3 Å². The third kappa shape index (κ3) is 3.07. The maximum absolute atomic E-state index is 13.0. The zero-order chi connectivity index (χ0) is 19.7. The molecule has 1 aromatic heterocycles. The van der Waals surface area contributed by atoms with Crippen molar-refractivity contribution in [2.45, 2.75) is 20.8 Å². The van der Waals surface area contributed by atoms with E-state index >= 15 is 0 Å². The number of rotatable bonds is 3. The van der Waals surface area contributed by atoms with Crippen molar-refractivity contribution in [2.24, 2.45) is 0 Å². The minimum Gasteiger partial charge on any atom is -0.309 e. The first-order valence-corrected chi connectivity index (χ1v) is 9.52. The molecule has 1 heterocycles. The second-order valence-corrected chi connectivity index (χ2v) is 7.15. The van der Waals surface area contributed by atoms with Gasteiger partial charge in [0.1, 0.15) is 0 Å². The average Bonchev–Trinajstić information content (AvgIpc) is 2.73. The van der Waals surface area contributed by atoms with Gasteiger partial charge in [-0.15, -0.1) is 0 Å². The molecule has 0 spiro atoms. The highest BCUT2D eigenvalue weighted by Crippen LogP contribution is 2.33. The van der Waals surface area contributed by atoms with Crippen LogP contribution in [0.2, 0.25) is 0 Å². The zero-order valence-corrected chi connectivity index (χ0v) is 16.4. The maximum atomic E-state index is 13.0. The summed E-state index contributed by atoms with van der Waals surface area (Å²) in [6, 6.07) is 28.4. The lowest BCUT2D eigenvalue weighted by atomic mass is 9.97. The fraction of sp³-hybridized carbons (Fsp3) is 0.115. The van der Waals surface area contributed by atoms with Crippen LogP contribution in [0.5, 0.6) is 0 Å². The van der Waals surface area contributed by atoms with Crippen LogP contribution in [0.3, 0.4) is 0 Å². The van der Waals surface area contributed by atoms with Crippen LogP contribution in [0, 0.1) is 20.8 Å². The van der Waals surface area contributed by atoms with Gasteiger partial charge in [0, 0.05) is 22.9 Å². The fourth-order valence-corrected chi connectivity index (χ4v) is 3.72. The van der Waals surface area contributed by atoms with Crippen molar-refractivity contribution in [1.29, 1.82) is 0 Å². The molecular weight excluding hydrogens is 342 g/mol. The molecule has 2 nitrogen and oxygen atoms in total. The molecule has 0 aliphatic carbocycles. The molecule has 0 fully saturated rings. The van der Waals surface area contributed by atoms with Gasteiger partial charge < -0.3 is 4.57 Å². The van der Waals surface area contributed by atoms with Gasteiger partial charge in [0.05, 0.1) is 11.4 Å². The molecular formula is C26H23NO. The molecule has 138 valence electrons. The van der Waals surface area contributed by atoms with Crippen LogP contribution in [0.25, 0.3) is 28.2 Å². The second kappa shape index (κ2) is 7.32.